The van der Waals surface area contributed by atoms with Gasteiger partial charge in [-0.1, -0.05) is 0 Å². The number of H-pyrrole nitrogens is 2. The molecule has 0 aromatic carbocycles. The van der Waals surface area contributed by atoms with Crippen LogP contribution in [0.4, 0.5) is 0 Å². The molecule has 0 saturated heterocycles. The van der Waals surface area contributed by atoms with E-state index >= 15 is 0 Å². The Balaban J connectivity index is 2.07. The molecule has 19 heavy (non-hydrogen) atoms. The molecule has 7 heteroatoms. The molecule has 2 aromatic rings. The summed E-state index contributed by atoms with van der Waals surface area (Å²) in [6.45, 7) is 3.55. The average Bonchev–Trinajstić information content (AvgIpc) is 2.97. The van der Waals surface area contributed by atoms with Crippen molar-refractivity contribution in [1.82, 2.24) is 25.1 Å². The fourth-order valence-electron chi connectivity index (χ4n) is 1.67. The van der Waals surface area contributed by atoms with Crippen LogP contribution in [0.5, 0.6) is 0 Å². The van der Waals surface area contributed by atoms with E-state index in [4.69, 9.17) is 0 Å². The maximum atomic E-state index is 12.1. The van der Waals surface area contributed by atoms with Crippen molar-refractivity contribution < 1.29 is 9.59 Å². The highest BCUT2D eigenvalue weighted by atomic mass is 16.2. The van der Waals surface area contributed by atoms with E-state index in [1.807, 2.05) is 0 Å². The maximum Gasteiger partial charge on any atom is 0.270 e. The molecule has 0 fully saturated rings. The number of carbonyl (C=O) groups is 2. The second-order valence-corrected chi connectivity index (χ2v) is 4.36. The molecule has 0 aliphatic carbocycles. The molecule has 2 N–H and O–H groups in total. The first kappa shape index (κ1) is 13.0. The lowest BCUT2D eigenvalue weighted by Crippen LogP contribution is -2.27. The lowest BCUT2D eigenvalue weighted by Gasteiger charge is -2.13. The van der Waals surface area contributed by atoms with E-state index < -0.39 is 0 Å². The number of carbonyl (C=O) groups excluding carboxylic acids is 2. The van der Waals surface area contributed by atoms with Crippen LogP contribution in [0.15, 0.2) is 12.3 Å². The van der Waals surface area contributed by atoms with Crippen LogP contribution >= 0.6 is 0 Å². The number of ketones is 1. The topological polar surface area (TPSA) is 94.7 Å². The summed E-state index contributed by atoms with van der Waals surface area (Å²) in [5, 5.41) is 6.69. The number of hydrogen-bond acceptors (Lipinski definition) is 4. The summed E-state index contributed by atoms with van der Waals surface area (Å²) >= 11 is 0. The van der Waals surface area contributed by atoms with Crippen LogP contribution in [0.3, 0.4) is 0 Å². The van der Waals surface area contributed by atoms with Crippen LogP contribution in [0.1, 0.15) is 39.4 Å². The Morgan fingerprint density at radius 3 is 2.68 bits per heavy atom. The minimum Gasteiger partial charge on any atom is -0.356 e. The molecule has 0 unspecified atom stereocenters. The summed E-state index contributed by atoms with van der Waals surface area (Å²) in [7, 11) is 1.66. The molecular formula is C12H15N5O2. The zero-order valence-corrected chi connectivity index (χ0v) is 11.0. The quantitative estimate of drug-likeness (QED) is 0.800. The molecule has 0 aliphatic rings. The van der Waals surface area contributed by atoms with Crippen LogP contribution < -0.4 is 0 Å². The first-order chi connectivity index (χ1) is 8.97. The van der Waals surface area contributed by atoms with E-state index in [9.17, 15) is 9.59 Å². The Bertz CT molecular complexity index is 613. The maximum absolute atomic E-state index is 12.1. The lowest BCUT2D eigenvalue weighted by atomic mass is 10.2. The molecule has 2 aromatic heterocycles. The number of rotatable bonds is 4. The molecule has 100 valence electrons. The van der Waals surface area contributed by atoms with Crippen molar-refractivity contribution in [3.8, 4) is 0 Å². The predicted molar refractivity (Wildman–Crippen MR) is 67.7 cm³/mol. The Kier molecular flexibility index (Phi) is 3.46. The second kappa shape index (κ2) is 5.05. The summed E-state index contributed by atoms with van der Waals surface area (Å²) in [5.74, 6) is 0.957. The monoisotopic (exact) mass is 261 g/mol. The van der Waals surface area contributed by atoms with Crippen molar-refractivity contribution in [2.45, 2.75) is 20.4 Å². The summed E-state index contributed by atoms with van der Waals surface area (Å²) in [6, 6.07) is 1.55. The van der Waals surface area contributed by atoms with Gasteiger partial charge in [0.1, 0.15) is 11.5 Å². The molecule has 0 bridgehead atoms. The van der Waals surface area contributed by atoms with Crippen molar-refractivity contribution in [3.63, 3.8) is 0 Å². The van der Waals surface area contributed by atoms with Crippen LogP contribution in [0.2, 0.25) is 0 Å². The summed E-state index contributed by atoms with van der Waals surface area (Å²) in [4.78, 5) is 31.7. The van der Waals surface area contributed by atoms with Gasteiger partial charge in [-0.05, 0) is 19.9 Å². The SMILES string of the molecule is CC(=O)c1c[nH]c(C(=O)N(C)Cc2n[nH]c(C)n2)c1. The van der Waals surface area contributed by atoms with Gasteiger partial charge in [-0.25, -0.2) is 4.98 Å². The number of amides is 1. The summed E-state index contributed by atoms with van der Waals surface area (Å²) < 4.78 is 0. The van der Waals surface area contributed by atoms with Crippen molar-refractivity contribution >= 4 is 11.7 Å². The number of nitrogens with one attached hydrogen (secondary N) is 2. The van der Waals surface area contributed by atoms with Crippen LogP contribution in [-0.2, 0) is 6.54 Å². The van der Waals surface area contributed by atoms with E-state index in [0.29, 0.717) is 29.5 Å². The summed E-state index contributed by atoms with van der Waals surface area (Å²) in [6.07, 6.45) is 1.53. The Hall–Kier alpha value is -2.44. The number of nitrogens with zero attached hydrogens (tertiary/aromatic N) is 3. The Morgan fingerprint density at radius 1 is 1.42 bits per heavy atom. The van der Waals surface area contributed by atoms with Gasteiger partial charge in [0.05, 0.1) is 6.54 Å². The van der Waals surface area contributed by atoms with E-state index in [1.54, 1.807) is 20.0 Å². The van der Waals surface area contributed by atoms with Crippen LogP contribution in [0.25, 0.3) is 0 Å². The van der Waals surface area contributed by atoms with E-state index in [-0.39, 0.29) is 11.7 Å². The molecule has 7 nitrogen and oxygen atoms in total. The molecular weight excluding hydrogens is 246 g/mol. The third kappa shape index (κ3) is 2.87. The van der Waals surface area contributed by atoms with Gasteiger partial charge in [0.25, 0.3) is 5.91 Å². The van der Waals surface area contributed by atoms with Gasteiger partial charge in [0.15, 0.2) is 11.6 Å². The lowest BCUT2D eigenvalue weighted by molar-refractivity contribution is 0.0776. The van der Waals surface area contributed by atoms with Crippen molar-refractivity contribution in [3.05, 3.63) is 35.2 Å². The molecule has 0 atom stereocenters. The van der Waals surface area contributed by atoms with E-state index in [2.05, 4.69) is 20.2 Å². The molecule has 1 amide bonds. The highest BCUT2D eigenvalue weighted by Crippen LogP contribution is 2.08. The smallest absolute Gasteiger partial charge is 0.270 e. The van der Waals surface area contributed by atoms with Gasteiger partial charge in [0.2, 0.25) is 0 Å². The van der Waals surface area contributed by atoms with Crippen molar-refractivity contribution in [1.29, 1.82) is 0 Å². The largest absolute Gasteiger partial charge is 0.356 e. The molecule has 0 radical (unpaired) electrons. The van der Waals surface area contributed by atoms with Gasteiger partial charge >= 0.3 is 0 Å². The third-order valence-corrected chi connectivity index (χ3v) is 2.69. The van der Waals surface area contributed by atoms with E-state index in [1.165, 1.54) is 18.0 Å². The number of aromatic nitrogens is 4. The minimum absolute atomic E-state index is 0.0810. The molecule has 0 saturated carbocycles. The van der Waals surface area contributed by atoms with Gasteiger partial charge < -0.3 is 9.88 Å². The normalized spacial score (nSPS) is 10.5. The average molecular weight is 261 g/mol. The van der Waals surface area contributed by atoms with Crippen molar-refractivity contribution in [2.24, 2.45) is 0 Å². The molecule has 0 aliphatic heterocycles. The predicted octanol–water partition coefficient (Wildman–Crippen LogP) is 0.916. The van der Waals surface area contributed by atoms with Gasteiger partial charge in [-0.2, -0.15) is 5.10 Å². The Labute approximate surface area is 110 Å². The fraction of sp³-hybridized carbons (Fsp3) is 0.333. The Morgan fingerprint density at radius 2 is 2.16 bits per heavy atom. The highest BCUT2D eigenvalue weighted by Gasteiger charge is 2.16. The fourth-order valence-corrected chi connectivity index (χ4v) is 1.67. The van der Waals surface area contributed by atoms with E-state index in [0.717, 1.165) is 0 Å². The summed E-state index contributed by atoms with van der Waals surface area (Å²) in [5.41, 5.74) is 0.866. The zero-order chi connectivity index (χ0) is 14.0. The van der Waals surface area contributed by atoms with Crippen LogP contribution in [-0.4, -0.2) is 43.8 Å². The standard InChI is InChI=1S/C12H15N5O2/c1-7(18)9-4-10(13-5-9)12(19)17(3)6-11-14-8(2)15-16-11/h4-5,13H,6H2,1-3H3,(H,14,15,16). The number of hydrogen-bond donors (Lipinski definition) is 2. The minimum atomic E-state index is -0.213. The molecule has 2 rings (SSSR count). The van der Waals surface area contributed by atoms with Gasteiger partial charge in [-0.15, -0.1) is 0 Å². The number of Topliss-reactive ketones (excluding diaryl/α,β-unsaturated/α-hetero) is 1. The van der Waals surface area contributed by atoms with Gasteiger partial charge in [-0.3, -0.25) is 14.7 Å². The molecule has 0 spiro atoms. The first-order valence-electron chi connectivity index (χ1n) is 5.80. The van der Waals surface area contributed by atoms with Gasteiger partial charge in [0, 0.05) is 18.8 Å². The third-order valence-electron chi connectivity index (χ3n) is 2.69. The van der Waals surface area contributed by atoms with Crippen molar-refractivity contribution in [2.75, 3.05) is 7.05 Å². The molecule has 2 heterocycles. The second-order valence-electron chi connectivity index (χ2n) is 4.36. The van der Waals surface area contributed by atoms with Crippen LogP contribution in [0, 0.1) is 6.92 Å². The number of aryl methyl sites for hydroxylation is 1. The first-order valence-corrected chi connectivity index (χ1v) is 5.80. The number of aromatic amines is 2. The zero-order valence-electron chi connectivity index (χ0n) is 11.0. The highest BCUT2D eigenvalue weighted by molar-refractivity contribution is 5.98.